The zero-order chi connectivity index (χ0) is 19.9. The fourth-order valence-electron chi connectivity index (χ4n) is 4.07. The van der Waals surface area contributed by atoms with Crippen molar-refractivity contribution in [1.29, 1.82) is 0 Å². The van der Waals surface area contributed by atoms with Gasteiger partial charge >= 0.3 is 0 Å². The van der Waals surface area contributed by atoms with E-state index in [1.807, 2.05) is 36.4 Å². The van der Waals surface area contributed by atoms with Crippen molar-refractivity contribution in [2.24, 2.45) is 11.7 Å². The molecule has 0 aromatic heterocycles. The molecule has 1 heterocycles. The highest BCUT2D eigenvalue weighted by Gasteiger charge is 2.29. The molecule has 150 valence electrons. The lowest BCUT2D eigenvalue weighted by Crippen LogP contribution is -2.42. The van der Waals surface area contributed by atoms with Gasteiger partial charge in [-0.3, -0.25) is 9.69 Å². The number of methoxy groups -OCH3 is 2. The van der Waals surface area contributed by atoms with Gasteiger partial charge in [0.25, 0.3) is 0 Å². The molecule has 1 atom stereocenters. The number of amides is 1. The predicted molar refractivity (Wildman–Crippen MR) is 111 cm³/mol. The zero-order valence-electron chi connectivity index (χ0n) is 16.8. The van der Waals surface area contributed by atoms with Crippen molar-refractivity contribution >= 4 is 5.91 Å². The SMILES string of the molecule is COc1cc(CCC2CCN(C(C(N)=O)c3ccccc3)CC2)cc(OC)c1. The summed E-state index contributed by atoms with van der Waals surface area (Å²) in [5.74, 6) is 2.04. The first-order valence-electron chi connectivity index (χ1n) is 9.91. The molecule has 28 heavy (non-hydrogen) atoms. The molecule has 0 saturated carbocycles. The maximum absolute atomic E-state index is 12.1. The molecule has 1 aliphatic rings. The highest BCUT2D eigenvalue weighted by atomic mass is 16.5. The Balaban J connectivity index is 1.56. The highest BCUT2D eigenvalue weighted by Crippen LogP contribution is 2.30. The van der Waals surface area contributed by atoms with E-state index in [1.165, 1.54) is 5.56 Å². The molecular weight excluding hydrogens is 352 g/mol. The van der Waals surface area contributed by atoms with Crippen LogP contribution < -0.4 is 15.2 Å². The average molecular weight is 383 g/mol. The summed E-state index contributed by atoms with van der Waals surface area (Å²) in [6, 6.07) is 15.6. The topological polar surface area (TPSA) is 64.8 Å². The maximum atomic E-state index is 12.1. The second-order valence-electron chi connectivity index (χ2n) is 7.45. The summed E-state index contributed by atoms with van der Waals surface area (Å²) >= 11 is 0. The highest BCUT2D eigenvalue weighted by molar-refractivity contribution is 5.81. The number of hydrogen-bond donors (Lipinski definition) is 1. The van der Waals surface area contributed by atoms with E-state index in [0.717, 1.165) is 55.8 Å². The molecule has 1 unspecified atom stereocenters. The number of nitrogens with two attached hydrogens (primary N) is 1. The smallest absolute Gasteiger partial charge is 0.239 e. The minimum Gasteiger partial charge on any atom is -0.497 e. The Morgan fingerprint density at radius 2 is 1.68 bits per heavy atom. The van der Waals surface area contributed by atoms with Gasteiger partial charge in [0, 0.05) is 6.07 Å². The summed E-state index contributed by atoms with van der Waals surface area (Å²) in [6.07, 6.45) is 4.28. The van der Waals surface area contributed by atoms with Gasteiger partial charge in [-0.25, -0.2) is 0 Å². The first-order chi connectivity index (χ1) is 13.6. The third kappa shape index (κ3) is 5.04. The average Bonchev–Trinajstić information content (AvgIpc) is 2.73. The van der Waals surface area contributed by atoms with Gasteiger partial charge in [0.1, 0.15) is 17.5 Å². The van der Waals surface area contributed by atoms with E-state index in [9.17, 15) is 4.79 Å². The number of piperidine rings is 1. The summed E-state index contributed by atoms with van der Waals surface area (Å²) in [6.45, 7) is 1.79. The van der Waals surface area contributed by atoms with Crippen LogP contribution in [0.4, 0.5) is 0 Å². The van der Waals surface area contributed by atoms with Crippen LogP contribution in [0.25, 0.3) is 0 Å². The van der Waals surface area contributed by atoms with Crippen molar-refractivity contribution in [3.63, 3.8) is 0 Å². The van der Waals surface area contributed by atoms with E-state index < -0.39 is 0 Å². The van der Waals surface area contributed by atoms with Crippen molar-refractivity contribution in [3.8, 4) is 11.5 Å². The van der Waals surface area contributed by atoms with E-state index >= 15 is 0 Å². The third-order valence-electron chi connectivity index (χ3n) is 5.65. The molecule has 1 aliphatic heterocycles. The third-order valence-corrected chi connectivity index (χ3v) is 5.65. The largest absolute Gasteiger partial charge is 0.497 e. The van der Waals surface area contributed by atoms with Gasteiger partial charge in [-0.1, -0.05) is 30.3 Å². The molecule has 2 aromatic carbocycles. The summed E-state index contributed by atoms with van der Waals surface area (Å²) < 4.78 is 10.7. The number of aryl methyl sites for hydroxylation is 1. The fraction of sp³-hybridized carbons (Fsp3) is 0.435. The number of rotatable bonds is 8. The van der Waals surface area contributed by atoms with Crippen LogP contribution in [0.2, 0.25) is 0 Å². The van der Waals surface area contributed by atoms with Crippen molar-refractivity contribution < 1.29 is 14.3 Å². The molecule has 0 bridgehead atoms. The van der Waals surface area contributed by atoms with E-state index in [0.29, 0.717) is 5.92 Å². The molecule has 0 radical (unpaired) electrons. The standard InChI is InChI=1S/C23H30N2O3/c1-27-20-14-18(15-21(16-20)28-2)9-8-17-10-12-25(13-11-17)22(23(24)26)19-6-4-3-5-7-19/h3-7,14-17,22H,8-13H2,1-2H3,(H2,24,26). The minimum atomic E-state index is -0.329. The number of carbonyl (C=O) groups excluding carboxylic acids is 1. The molecule has 1 amide bonds. The van der Waals surface area contributed by atoms with Crippen molar-refractivity contribution in [2.45, 2.75) is 31.7 Å². The number of benzene rings is 2. The van der Waals surface area contributed by atoms with E-state index in [1.54, 1.807) is 14.2 Å². The Morgan fingerprint density at radius 1 is 1.07 bits per heavy atom. The summed E-state index contributed by atoms with van der Waals surface area (Å²) in [5, 5.41) is 0. The first kappa shape index (κ1) is 20.2. The van der Waals surface area contributed by atoms with Gasteiger partial charge in [-0.15, -0.1) is 0 Å². The molecule has 0 aliphatic carbocycles. The summed E-state index contributed by atoms with van der Waals surface area (Å²) in [7, 11) is 3.35. The van der Waals surface area contributed by atoms with Crippen LogP contribution in [-0.4, -0.2) is 38.1 Å². The van der Waals surface area contributed by atoms with E-state index in [-0.39, 0.29) is 11.9 Å². The normalized spacial score (nSPS) is 16.5. The van der Waals surface area contributed by atoms with Crippen LogP contribution in [0, 0.1) is 5.92 Å². The molecular formula is C23H30N2O3. The maximum Gasteiger partial charge on any atom is 0.239 e. The van der Waals surface area contributed by atoms with Crippen LogP contribution >= 0.6 is 0 Å². The van der Waals surface area contributed by atoms with E-state index in [4.69, 9.17) is 15.2 Å². The van der Waals surface area contributed by atoms with Gasteiger partial charge in [0.15, 0.2) is 0 Å². The van der Waals surface area contributed by atoms with Crippen LogP contribution in [0.15, 0.2) is 48.5 Å². The Bertz CT molecular complexity index is 748. The molecule has 1 fully saturated rings. The van der Waals surface area contributed by atoms with Crippen molar-refractivity contribution in [2.75, 3.05) is 27.3 Å². The number of hydrogen-bond acceptors (Lipinski definition) is 4. The molecule has 3 rings (SSSR count). The Hall–Kier alpha value is -2.53. The molecule has 0 spiro atoms. The van der Waals surface area contributed by atoms with Crippen molar-refractivity contribution in [1.82, 2.24) is 4.90 Å². The number of carbonyl (C=O) groups is 1. The lowest BCUT2D eigenvalue weighted by Gasteiger charge is -2.36. The number of primary amides is 1. The van der Waals surface area contributed by atoms with Gasteiger partial charge in [-0.05, 0) is 68.0 Å². The Kier molecular flexibility index (Phi) is 6.93. The van der Waals surface area contributed by atoms with Crippen molar-refractivity contribution in [3.05, 3.63) is 59.7 Å². The molecule has 5 nitrogen and oxygen atoms in total. The summed E-state index contributed by atoms with van der Waals surface area (Å²) in [4.78, 5) is 14.3. The lowest BCUT2D eigenvalue weighted by atomic mass is 9.89. The number of nitrogens with zero attached hydrogens (tertiary/aromatic N) is 1. The minimum absolute atomic E-state index is 0.270. The Morgan fingerprint density at radius 3 is 2.21 bits per heavy atom. The quantitative estimate of drug-likeness (QED) is 0.758. The number of ether oxygens (including phenoxy) is 2. The van der Waals surface area contributed by atoms with Gasteiger partial charge < -0.3 is 15.2 Å². The van der Waals surface area contributed by atoms with Crippen LogP contribution in [0.1, 0.15) is 36.4 Å². The monoisotopic (exact) mass is 382 g/mol. The van der Waals surface area contributed by atoms with Crippen LogP contribution in [0.5, 0.6) is 11.5 Å². The first-order valence-corrected chi connectivity index (χ1v) is 9.91. The zero-order valence-corrected chi connectivity index (χ0v) is 16.8. The number of likely N-dealkylation sites (tertiary alicyclic amines) is 1. The Labute approximate surface area is 167 Å². The van der Waals surface area contributed by atoms with E-state index in [2.05, 4.69) is 17.0 Å². The van der Waals surface area contributed by atoms with Gasteiger partial charge in [0.2, 0.25) is 5.91 Å². The fourth-order valence-corrected chi connectivity index (χ4v) is 4.07. The van der Waals surface area contributed by atoms with Crippen LogP contribution in [-0.2, 0) is 11.2 Å². The second kappa shape index (κ2) is 9.60. The molecule has 2 aromatic rings. The molecule has 1 saturated heterocycles. The predicted octanol–water partition coefficient (Wildman–Crippen LogP) is 3.58. The van der Waals surface area contributed by atoms with Gasteiger partial charge in [-0.2, -0.15) is 0 Å². The molecule has 2 N–H and O–H groups in total. The molecule has 5 heteroatoms. The summed E-state index contributed by atoms with van der Waals surface area (Å²) in [5.41, 5.74) is 7.94. The van der Waals surface area contributed by atoms with Gasteiger partial charge in [0.05, 0.1) is 14.2 Å². The van der Waals surface area contributed by atoms with Crippen LogP contribution in [0.3, 0.4) is 0 Å². The second-order valence-corrected chi connectivity index (χ2v) is 7.45. The lowest BCUT2D eigenvalue weighted by molar-refractivity contribution is -0.124.